The zero-order valence-corrected chi connectivity index (χ0v) is 19.3. The Balaban J connectivity index is 1.42. The van der Waals surface area contributed by atoms with E-state index < -0.39 is 0 Å². The first kappa shape index (κ1) is 22.0. The van der Waals surface area contributed by atoms with Gasteiger partial charge in [-0.1, -0.05) is 65.6 Å². The van der Waals surface area contributed by atoms with Crippen molar-refractivity contribution in [1.82, 2.24) is 9.78 Å². The number of nitriles is 1. The SMILES string of the molecule is N#CCc1ccc(NC(=O)c2ccc(-n3nc(SCc4ccccc4)sc3=S)cc2)cc1. The van der Waals surface area contributed by atoms with E-state index in [1.807, 2.05) is 42.5 Å². The van der Waals surface area contributed by atoms with Crippen LogP contribution in [0.2, 0.25) is 0 Å². The van der Waals surface area contributed by atoms with E-state index in [4.69, 9.17) is 17.5 Å². The third-order valence-electron chi connectivity index (χ3n) is 4.60. The number of thioether (sulfide) groups is 1. The van der Waals surface area contributed by atoms with Crippen molar-refractivity contribution in [2.24, 2.45) is 0 Å². The number of amides is 1. The van der Waals surface area contributed by atoms with E-state index in [1.165, 1.54) is 16.9 Å². The summed E-state index contributed by atoms with van der Waals surface area (Å²) in [6.45, 7) is 0. The molecule has 32 heavy (non-hydrogen) atoms. The molecule has 1 amide bonds. The van der Waals surface area contributed by atoms with Gasteiger partial charge in [-0.05, 0) is 59.7 Å². The van der Waals surface area contributed by atoms with Gasteiger partial charge in [0.25, 0.3) is 5.91 Å². The van der Waals surface area contributed by atoms with Gasteiger partial charge in [-0.15, -0.1) is 5.10 Å². The van der Waals surface area contributed by atoms with Crippen LogP contribution < -0.4 is 5.32 Å². The average molecular weight is 475 g/mol. The van der Waals surface area contributed by atoms with Crippen LogP contribution in [0.5, 0.6) is 0 Å². The number of aromatic nitrogens is 2. The third kappa shape index (κ3) is 5.51. The molecule has 0 bridgehead atoms. The van der Waals surface area contributed by atoms with Gasteiger partial charge < -0.3 is 5.32 Å². The van der Waals surface area contributed by atoms with Crippen molar-refractivity contribution in [2.45, 2.75) is 16.5 Å². The number of benzene rings is 3. The van der Waals surface area contributed by atoms with Crippen LogP contribution in [0, 0.1) is 15.3 Å². The molecule has 0 saturated carbocycles. The van der Waals surface area contributed by atoms with Gasteiger partial charge in [0.1, 0.15) is 0 Å². The van der Waals surface area contributed by atoms with Gasteiger partial charge in [-0.3, -0.25) is 4.79 Å². The maximum Gasteiger partial charge on any atom is 0.255 e. The number of nitrogens with one attached hydrogen (secondary N) is 1. The Kier molecular flexibility index (Phi) is 7.12. The zero-order valence-electron chi connectivity index (χ0n) is 16.9. The number of carbonyl (C=O) groups is 1. The first-order valence-electron chi connectivity index (χ1n) is 9.77. The van der Waals surface area contributed by atoms with Crippen LogP contribution in [-0.4, -0.2) is 15.7 Å². The van der Waals surface area contributed by atoms with E-state index >= 15 is 0 Å². The largest absolute Gasteiger partial charge is 0.322 e. The Morgan fingerprint density at radius 1 is 1.03 bits per heavy atom. The summed E-state index contributed by atoms with van der Waals surface area (Å²) in [6.07, 6.45) is 0.349. The molecule has 0 fully saturated rings. The molecule has 0 radical (unpaired) electrons. The van der Waals surface area contributed by atoms with Crippen molar-refractivity contribution in [3.05, 3.63) is 99.5 Å². The highest BCUT2D eigenvalue weighted by molar-refractivity contribution is 8.00. The normalized spacial score (nSPS) is 10.5. The van der Waals surface area contributed by atoms with Crippen molar-refractivity contribution in [3.8, 4) is 11.8 Å². The summed E-state index contributed by atoms with van der Waals surface area (Å²) in [4.78, 5) is 12.6. The van der Waals surface area contributed by atoms with Gasteiger partial charge in [0.05, 0.1) is 18.2 Å². The summed E-state index contributed by atoms with van der Waals surface area (Å²) in [5.74, 6) is 0.630. The monoisotopic (exact) mass is 474 g/mol. The number of anilines is 1. The summed E-state index contributed by atoms with van der Waals surface area (Å²) >= 11 is 8.62. The van der Waals surface area contributed by atoms with E-state index in [1.54, 1.807) is 40.7 Å². The topological polar surface area (TPSA) is 70.7 Å². The highest BCUT2D eigenvalue weighted by Gasteiger charge is 2.10. The summed E-state index contributed by atoms with van der Waals surface area (Å²) in [5.41, 5.74) is 4.18. The fourth-order valence-electron chi connectivity index (χ4n) is 2.96. The number of carbonyl (C=O) groups excluding carboxylic acids is 1. The third-order valence-corrected chi connectivity index (χ3v) is 7.04. The van der Waals surface area contributed by atoms with E-state index in [2.05, 4.69) is 28.6 Å². The lowest BCUT2D eigenvalue weighted by Gasteiger charge is -2.07. The second-order valence-corrected chi connectivity index (χ2v) is 9.70. The molecule has 1 N–H and O–H groups in total. The molecule has 4 aromatic rings. The second-order valence-electron chi connectivity index (χ2n) is 6.85. The molecule has 0 unspecified atom stereocenters. The van der Waals surface area contributed by atoms with Crippen LogP contribution >= 0.6 is 35.3 Å². The van der Waals surface area contributed by atoms with Crippen LogP contribution in [0.4, 0.5) is 5.69 Å². The molecule has 8 heteroatoms. The molecular formula is C24H18N4OS3. The van der Waals surface area contributed by atoms with Gasteiger partial charge in [0, 0.05) is 17.0 Å². The minimum atomic E-state index is -0.203. The molecule has 1 heterocycles. The molecular weight excluding hydrogens is 456 g/mol. The van der Waals surface area contributed by atoms with Gasteiger partial charge in [-0.25, -0.2) is 4.68 Å². The molecule has 158 valence electrons. The number of rotatable bonds is 7. The summed E-state index contributed by atoms with van der Waals surface area (Å²) in [7, 11) is 0. The minimum Gasteiger partial charge on any atom is -0.322 e. The van der Waals surface area contributed by atoms with E-state index in [9.17, 15) is 4.79 Å². The zero-order chi connectivity index (χ0) is 22.3. The van der Waals surface area contributed by atoms with Gasteiger partial charge in [0.2, 0.25) is 0 Å². The first-order chi connectivity index (χ1) is 15.6. The Morgan fingerprint density at radius 3 is 2.44 bits per heavy atom. The lowest BCUT2D eigenvalue weighted by molar-refractivity contribution is 0.102. The predicted molar refractivity (Wildman–Crippen MR) is 132 cm³/mol. The molecule has 5 nitrogen and oxygen atoms in total. The number of nitrogens with zero attached hydrogens (tertiary/aromatic N) is 3. The van der Waals surface area contributed by atoms with Crippen molar-refractivity contribution < 1.29 is 4.79 Å². The molecule has 0 atom stereocenters. The highest BCUT2D eigenvalue weighted by atomic mass is 32.2. The van der Waals surface area contributed by atoms with Crippen LogP contribution in [0.15, 0.2) is 83.2 Å². The molecule has 3 aromatic carbocycles. The van der Waals surface area contributed by atoms with Crippen LogP contribution in [-0.2, 0) is 12.2 Å². The molecule has 4 rings (SSSR count). The summed E-state index contributed by atoms with van der Waals surface area (Å²) < 4.78 is 3.29. The molecule has 0 aliphatic rings. The second kappa shape index (κ2) is 10.4. The Labute approximate surface area is 199 Å². The fourth-order valence-corrected chi connectivity index (χ4v) is 5.27. The van der Waals surface area contributed by atoms with Crippen molar-refractivity contribution in [2.75, 3.05) is 5.32 Å². The Bertz CT molecular complexity index is 1300. The van der Waals surface area contributed by atoms with Gasteiger partial charge >= 0.3 is 0 Å². The minimum absolute atomic E-state index is 0.203. The average Bonchev–Trinajstić information content (AvgIpc) is 3.20. The van der Waals surface area contributed by atoms with Crippen molar-refractivity contribution >= 4 is 46.9 Å². The first-order valence-corrected chi connectivity index (χ1v) is 12.0. The maximum absolute atomic E-state index is 12.6. The van der Waals surface area contributed by atoms with Gasteiger partial charge in [0.15, 0.2) is 8.29 Å². The van der Waals surface area contributed by atoms with E-state index in [-0.39, 0.29) is 5.91 Å². The molecule has 1 aromatic heterocycles. The number of hydrogen-bond donors (Lipinski definition) is 1. The molecule has 0 spiro atoms. The van der Waals surface area contributed by atoms with E-state index in [0.29, 0.717) is 21.6 Å². The van der Waals surface area contributed by atoms with Crippen LogP contribution in [0.3, 0.4) is 0 Å². The van der Waals surface area contributed by atoms with E-state index in [0.717, 1.165) is 21.3 Å². The maximum atomic E-state index is 12.6. The quantitative estimate of drug-likeness (QED) is 0.252. The summed E-state index contributed by atoms with van der Waals surface area (Å²) in [5, 5.41) is 16.2. The Hall–Kier alpha value is -3.25. The molecule has 0 aliphatic heterocycles. The lowest BCUT2D eigenvalue weighted by Crippen LogP contribution is -2.12. The lowest BCUT2D eigenvalue weighted by atomic mass is 10.1. The van der Waals surface area contributed by atoms with Crippen LogP contribution in [0.1, 0.15) is 21.5 Å². The van der Waals surface area contributed by atoms with Crippen LogP contribution in [0.25, 0.3) is 5.69 Å². The van der Waals surface area contributed by atoms with Crippen molar-refractivity contribution in [1.29, 1.82) is 5.26 Å². The van der Waals surface area contributed by atoms with Gasteiger partial charge in [-0.2, -0.15) is 5.26 Å². The number of hydrogen-bond acceptors (Lipinski definition) is 6. The smallest absolute Gasteiger partial charge is 0.255 e. The predicted octanol–water partition coefficient (Wildman–Crippen LogP) is 6.27. The fraction of sp³-hybridized carbons (Fsp3) is 0.0833. The Morgan fingerprint density at radius 2 is 1.75 bits per heavy atom. The van der Waals surface area contributed by atoms with Crippen molar-refractivity contribution in [3.63, 3.8) is 0 Å². The summed E-state index contributed by atoms with van der Waals surface area (Å²) in [6, 6.07) is 26.8. The molecule has 0 aliphatic carbocycles. The standard InChI is InChI=1S/C24H18N4OS3/c25-15-14-17-6-10-20(11-7-17)26-22(29)19-8-12-21(13-9-19)28-24(30)32-23(27-28)31-16-18-4-2-1-3-5-18/h1-13H,14,16H2,(H,26,29). The molecule has 0 saturated heterocycles. The highest BCUT2D eigenvalue weighted by Crippen LogP contribution is 2.27.